The van der Waals surface area contributed by atoms with E-state index in [1.54, 1.807) is 0 Å². The Balaban J connectivity index is 2.21. The summed E-state index contributed by atoms with van der Waals surface area (Å²) in [6.45, 7) is 11.9. The standard InChI is InChI=1S/C14H22N6O2/c1-13(2,3)9-7-11(21)20-8(12(22)19(7)17-15-9)10(16-18-20)14(4,5)6/h11-12,21-22H,1-6H3/t11-,12+. The first-order chi connectivity index (χ1) is 10.0. The highest BCUT2D eigenvalue weighted by molar-refractivity contribution is 5.30. The summed E-state index contributed by atoms with van der Waals surface area (Å²) < 4.78 is 2.72. The van der Waals surface area contributed by atoms with E-state index in [4.69, 9.17) is 0 Å². The number of aliphatic hydroxyl groups is 2. The van der Waals surface area contributed by atoms with Gasteiger partial charge in [0.05, 0.1) is 11.4 Å². The first kappa shape index (κ1) is 15.1. The summed E-state index contributed by atoms with van der Waals surface area (Å²) in [6, 6.07) is 0. The third-order valence-corrected chi connectivity index (χ3v) is 3.83. The average molecular weight is 306 g/mol. The third kappa shape index (κ3) is 1.98. The molecule has 0 bridgehead atoms. The van der Waals surface area contributed by atoms with Crippen LogP contribution in [0.15, 0.2) is 0 Å². The summed E-state index contributed by atoms with van der Waals surface area (Å²) in [5.74, 6) is 0. The summed E-state index contributed by atoms with van der Waals surface area (Å²) in [5.41, 5.74) is 1.57. The number of hydrogen-bond acceptors (Lipinski definition) is 6. The van der Waals surface area contributed by atoms with Gasteiger partial charge in [0.2, 0.25) is 0 Å². The van der Waals surface area contributed by atoms with Gasteiger partial charge in [0.1, 0.15) is 11.4 Å². The largest absolute Gasteiger partial charge is 0.366 e. The zero-order chi connectivity index (χ0) is 16.4. The molecule has 8 heteroatoms. The fourth-order valence-corrected chi connectivity index (χ4v) is 2.74. The Labute approximate surface area is 128 Å². The number of aromatic nitrogens is 6. The van der Waals surface area contributed by atoms with Gasteiger partial charge in [-0.1, -0.05) is 52.0 Å². The first-order valence-corrected chi connectivity index (χ1v) is 7.30. The summed E-state index contributed by atoms with van der Waals surface area (Å²) in [6.07, 6.45) is -2.13. The van der Waals surface area contributed by atoms with E-state index in [1.807, 2.05) is 41.5 Å². The maximum absolute atomic E-state index is 10.7. The SMILES string of the molecule is CC(C)(C)c1nnn2c1[C@H](O)n1nnc(C(C)(C)C)c1[C@H]2O. The second kappa shape index (κ2) is 4.36. The molecule has 2 aromatic heterocycles. The molecule has 120 valence electrons. The van der Waals surface area contributed by atoms with Crippen LogP contribution in [0.5, 0.6) is 0 Å². The minimum Gasteiger partial charge on any atom is -0.366 e. The quantitative estimate of drug-likeness (QED) is 0.748. The van der Waals surface area contributed by atoms with Gasteiger partial charge in [0.25, 0.3) is 0 Å². The smallest absolute Gasteiger partial charge is 0.194 e. The number of rotatable bonds is 0. The summed E-state index contributed by atoms with van der Waals surface area (Å²) in [5, 5.41) is 37.8. The molecule has 0 saturated carbocycles. The van der Waals surface area contributed by atoms with Gasteiger partial charge in [-0.3, -0.25) is 0 Å². The van der Waals surface area contributed by atoms with Crippen LogP contribution in [0.2, 0.25) is 0 Å². The van der Waals surface area contributed by atoms with E-state index in [-0.39, 0.29) is 10.8 Å². The molecule has 0 aromatic carbocycles. The zero-order valence-corrected chi connectivity index (χ0v) is 13.7. The van der Waals surface area contributed by atoms with Crippen LogP contribution >= 0.6 is 0 Å². The summed E-state index contributed by atoms with van der Waals surface area (Å²) >= 11 is 0. The predicted molar refractivity (Wildman–Crippen MR) is 78.2 cm³/mol. The number of fused-ring (bicyclic) bond motifs is 2. The number of aliphatic hydroxyl groups excluding tert-OH is 2. The molecule has 2 aromatic rings. The van der Waals surface area contributed by atoms with Crippen molar-refractivity contribution in [2.75, 3.05) is 0 Å². The summed E-state index contributed by atoms with van der Waals surface area (Å²) in [7, 11) is 0. The van der Waals surface area contributed by atoms with E-state index in [0.717, 1.165) is 0 Å². The topological polar surface area (TPSA) is 102 Å². The van der Waals surface area contributed by atoms with Gasteiger partial charge in [-0.05, 0) is 0 Å². The molecule has 1 aliphatic rings. The maximum Gasteiger partial charge on any atom is 0.194 e. The highest BCUT2D eigenvalue weighted by Gasteiger charge is 2.41. The van der Waals surface area contributed by atoms with Crippen molar-refractivity contribution in [3.8, 4) is 0 Å². The highest BCUT2D eigenvalue weighted by Crippen LogP contribution is 2.38. The normalized spacial score (nSPS) is 21.6. The van der Waals surface area contributed by atoms with Crippen molar-refractivity contribution in [2.24, 2.45) is 0 Å². The van der Waals surface area contributed by atoms with Crippen LogP contribution in [-0.2, 0) is 10.8 Å². The maximum atomic E-state index is 10.7. The lowest BCUT2D eigenvalue weighted by molar-refractivity contribution is 0.0392. The minimum atomic E-state index is -1.06. The number of nitrogens with zero attached hydrogens (tertiary/aromatic N) is 6. The molecular formula is C14H22N6O2. The molecule has 0 fully saturated rings. The van der Waals surface area contributed by atoms with E-state index in [1.165, 1.54) is 9.36 Å². The Morgan fingerprint density at radius 2 is 1.05 bits per heavy atom. The van der Waals surface area contributed by atoms with Crippen molar-refractivity contribution in [2.45, 2.75) is 64.8 Å². The second-order valence-corrected chi connectivity index (χ2v) is 7.78. The molecule has 0 spiro atoms. The van der Waals surface area contributed by atoms with Crippen LogP contribution in [0, 0.1) is 0 Å². The van der Waals surface area contributed by atoms with Gasteiger partial charge >= 0.3 is 0 Å². The van der Waals surface area contributed by atoms with Gasteiger partial charge in [0, 0.05) is 10.8 Å². The van der Waals surface area contributed by atoms with Crippen LogP contribution in [0.1, 0.15) is 76.8 Å². The average Bonchev–Trinajstić information content (AvgIpc) is 2.98. The lowest BCUT2D eigenvalue weighted by Crippen LogP contribution is -2.33. The first-order valence-electron chi connectivity index (χ1n) is 7.30. The van der Waals surface area contributed by atoms with E-state index in [2.05, 4.69) is 20.6 Å². The van der Waals surface area contributed by atoms with Crippen LogP contribution in [0.4, 0.5) is 0 Å². The lowest BCUT2D eigenvalue weighted by atomic mass is 9.88. The van der Waals surface area contributed by atoms with E-state index < -0.39 is 12.5 Å². The number of hydrogen-bond donors (Lipinski definition) is 2. The lowest BCUT2D eigenvalue weighted by Gasteiger charge is -2.29. The molecular weight excluding hydrogens is 284 g/mol. The van der Waals surface area contributed by atoms with Crippen molar-refractivity contribution in [1.82, 2.24) is 30.0 Å². The Hall–Kier alpha value is -1.80. The highest BCUT2D eigenvalue weighted by atomic mass is 16.3. The molecule has 1 aliphatic heterocycles. The molecule has 0 unspecified atom stereocenters. The zero-order valence-electron chi connectivity index (χ0n) is 13.7. The predicted octanol–water partition coefficient (Wildman–Crippen LogP) is 0.856. The van der Waals surface area contributed by atoms with Crippen molar-refractivity contribution in [1.29, 1.82) is 0 Å². The van der Waals surface area contributed by atoms with Crippen molar-refractivity contribution < 1.29 is 10.2 Å². The van der Waals surface area contributed by atoms with Gasteiger partial charge in [-0.25, -0.2) is 9.36 Å². The molecule has 22 heavy (non-hydrogen) atoms. The molecule has 0 radical (unpaired) electrons. The second-order valence-electron chi connectivity index (χ2n) is 7.78. The molecule has 3 rings (SSSR count). The van der Waals surface area contributed by atoms with E-state index in [0.29, 0.717) is 22.8 Å². The fourth-order valence-electron chi connectivity index (χ4n) is 2.74. The van der Waals surface area contributed by atoms with Crippen molar-refractivity contribution >= 4 is 0 Å². The van der Waals surface area contributed by atoms with Crippen molar-refractivity contribution in [3.63, 3.8) is 0 Å². The minimum absolute atomic E-state index is 0.306. The van der Waals surface area contributed by atoms with Gasteiger partial charge in [-0.15, -0.1) is 10.2 Å². The molecule has 0 aliphatic carbocycles. The van der Waals surface area contributed by atoms with E-state index in [9.17, 15) is 10.2 Å². The molecule has 8 nitrogen and oxygen atoms in total. The molecule has 0 amide bonds. The molecule has 2 N–H and O–H groups in total. The van der Waals surface area contributed by atoms with Crippen LogP contribution in [0.3, 0.4) is 0 Å². The molecule has 0 saturated heterocycles. The fraction of sp³-hybridized carbons (Fsp3) is 0.714. The van der Waals surface area contributed by atoms with Crippen LogP contribution in [-0.4, -0.2) is 40.2 Å². The third-order valence-electron chi connectivity index (χ3n) is 3.83. The Bertz CT molecular complexity index is 656. The van der Waals surface area contributed by atoms with Gasteiger partial charge in [0.15, 0.2) is 12.5 Å². The van der Waals surface area contributed by atoms with Crippen LogP contribution < -0.4 is 0 Å². The van der Waals surface area contributed by atoms with Crippen molar-refractivity contribution in [3.05, 3.63) is 22.8 Å². The summed E-state index contributed by atoms with van der Waals surface area (Å²) in [4.78, 5) is 0. The molecule has 3 heterocycles. The van der Waals surface area contributed by atoms with E-state index >= 15 is 0 Å². The Kier molecular flexibility index (Phi) is 2.99. The van der Waals surface area contributed by atoms with Crippen LogP contribution in [0.25, 0.3) is 0 Å². The Morgan fingerprint density at radius 1 is 0.727 bits per heavy atom. The van der Waals surface area contributed by atoms with Gasteiger partial charge < -0.3 is 10.2 Å². The van der Waals surface area contributed by atoms with Gasteiger partial charge in [-0.2, -0.15) is 0 Å². The monoisotopic (exact) mass is 306 g/mol. The molecule has 2 atom stereocenters. The Morgan fingerprint density at radius 3 is 1.32 bits per heavy atom.